The highest BCUT2D eigenvalue weighted by Gasteiger charge is 2.17. The fourth-order valence-electron chi connectivity index (χ4n) is 3.48. The molecule has 0 unspecified atom stereocenters. The summed E-state index contributed by atoms with van der Waals surface area (Å²) in [6.07, 6.45) is 0. The molecule has 1 aromatic heterocycles. The van der Waals surface area contributed by atoms with E-state index in [0.717, 1.165) is 27.2 Å². The van der Waals surface area contributed by atoms with E-state index < -0.39 is 5.97 Å². The molecule has 4 rings (SSSR count). The predicted octanol–water partition coefficient (Wildman–Crippen LogP) is 5.01. The van der Waals surface area contributed by atoms with Crippen molar-refractivity contribution in [3.8, 4) is 0 Å². The van der Waals surface area contributed by atoms with Gasteiger partial charge < -0.3 is 10.1 Å². The molecule has 5 nitrogen and oxygen atoms in total. The van der Waals surface area contributed by atoms with Gasteiger partial charge in [0, 0.05) is 17.7 Å². The van der Waals surface area contributed by atoms with Gasteiger partial charge in [-0.1, -0.05) is 54.6 Å². The largest absolute Gasteiger partial charge is 0.455 e. The third kappa shape index (κ3) is 3.67. The average molecular weight is 384 g/mol. The molecule has 0 fully saturated rings. The first kappa shape index (κ1) is 18.6. The van der Waals surface area contributed by atoms with Crippen LogP contribution in [-0.4, -0.2) is 16.9 Å². The lowest BCUT2D eigenvalue weighted by Gasteiger charge is -2.13. The van der Waals surface area contributed by atoms with Gasteiger partial charge in [-0.2, -0.15) is 0 Å². The minimum Gasteiger partial charge on any atom is -0.455 e. The molecular formula is C24H20N2O3. The van der Waals surface area contributed by atoms with Crippen LogP contribution in [-0.2, 0) is 16.1 Å². The van der Waals surface area contributed by atoms with E-state index in [-0.39, 0.29) is 12.5 Å². The Hall–Kier alpha value is -3.73. The molecule has 0 radical (unpaired) electrons. The molecule has 0 spiro atoms. The molecule has 1 heterocycles. The maximum atomic E-state index is 12.8. The fraction of sp³-hybridized carbons (Fsp3) is 0.125. The summed E-state index contributed by atoms with van der Waals surface area (Å²) in [6, 6.07) is 21.1. The summed E-state index contributed by atoms with van der Waals surface area (Å²) in [5.74, 6) is -0.743. The molecule has 0 bridgehead atoms. The number of fused-ring (bicyclic) bond motifs is 3. The van der Waals surface area contributed by atoms with Gasteiger partial charge in [0.15, 0.2) is 0 Å². The van der Waals surface area contributed by atoms with Gasteiger partial charge in [0.25, 0.3) is 0 Å². The first-order valence-electron chi connectivity index (χ1n) is 9.35. The lowest BCUT2D eigenvalue weighted by molar-refractivity contribution is -0.114. The minimum atomic E-state index is -0.503. The lowest BCUT2D eigenvalue weighted by Crippen LogP contribution is -2.14. The van der Waals surface area contributed by atoms with Gasteiger partial charge in [0.2, 0.25) is 5.91 Å². The van der Waals surface area contributed by atoms with Crippen LogP contribution in [0.5, 0.6) is 0 Å². The Morgan fingerprint density at radius 2 is 1.59 bits per heavy atom. The Morgan fingerprint density at radius 3 is 2.34 bits per heavy atom. The first-order chi connectivity index (χ1) is 14.0. The number of carbonyl (C=O) groups is 2. The van der Waals surface area contributed by atoms with Crippen LogP contribution in [0.2, 0.25) is 0 Å². The highest BCUT2D eigenvalue weighted by atomic mass is 16.5. The van der Waals surface area contributed by atoms with Crippen LogP contribution in [0.4, 0.5) is 5.69 Å². The zero-order valence-electron chi connectivity index (χ0n) is 16.2. The molecule has 0 aliphatic rings. The van der Waals surface area contributed by atoms with Gasteiger partial charge in [-0.05, 0) is 30.0 Å². The monoisotopic (exact) mass is 384 g/mol. The Balaban J connectivity index is 1.68. The molecule has 5 heteroatoms. The fourth-order valence-corrected chi connectivity index (χ4v) is 3.48. The second-order valence-corrected chi connectivity index (χ2v) is 6.88. The van der Waals surface area contributed by atoms with E-state index in [1.807, 2.05) is 61.5 Å². The van der Waals surface area contributed by atoms with E-state index in [1.54, 1.807) is 12.1 Å². The topological polar surface area (TPSA) is 68.3 Å². The van der Waals surface area contributed by atoms with E-state index in [9.17, 15) is 9.59 Å². The van der Waals surface area contributed by atoms with Gasteiger partial charge >= 0.3 is 5.97 Å². The molecule has 144 valence electrons. The van der Waals surface area contributed by atoms with Crippen LogP contribution in [0.25, 0.3) is 21.7 Å². The Morgan fingerprint density at radius 1 is 0.897 bits per heavy atom. The van der Waals surface area contributed by atoms with Gasteiger partial charge in [0.1, 0.15) is 6.61 Å². The number of esters is 1. The number of hydrogen-bond donors (Lipinski definition) is 1. The summed E-state index contributed by atoms with van der Waals surface area (Å²) in [6.45, 7) is 3.28. The molecule has 1 N–H and O–H groups in total. The van der Waals surface area contributed by atoms with Gasteiger partial charge in [-0.15, -0.1) is 0 Å². The quantitative estimate of drug-likeness (QED) is 0.397. The number of pyridine rings is 1. The van der Waals surface area contributed by atoms with Crippen LogP contribution in [0.15, 0.2) is 66.7 Å². The molecule has 3 aromatic carbocycles. The van der Waals surface area contributed by atoms with Crippen LogP contribution in [0.1, 0.15) is 28.5 Å². The number of benzene rings is 3. The molecule has 1 amide bonds. The maximum absolute atomic E-state index is 12.8. The van der Waals surface area contributed by atoms with Crippen molar-refractivity contribution in [2.45, 2.75) is 20.5 Å². The number of carbonyl (C=O) groups excluding carboxylic acids is 2. The molecule has 0 aliphatic heterocycles. The standard InChI is InChI=1S/C24H20N2O3/c1-15-8-7-12-20(23(15)25-16(2)27)24(28)29-14-22-19-11-4-3-9-17(19)18-10-5-6-13-21(18)26-22/h3-13H,14H2,1-2H3,(H,25,27). The number of hydrogen-bond acceptors (Lipinski definition) is 4. The van der Waals surface area contributed by atoms with Crippen molar-refractivity contribution in [2.24, 2.45) is 0 Å². The van der Waals surface area contributed by atoms with Crippen molar-refractivity contribution in [3.63, 3.8) is 0 Å². The average Bonchev–Trinajstić information content (AvgIpc) is 2.73. The number of aromatic nitrogens is 1. The Kier molecular flexibility index (Phi) is 4.96. The number of para-hydroxylation sites is 2. The SMILES string of the molecule is CC(=O)Nc1c(C)cccc1C(=O)OCc1nc2ccccc2c2ccccc12. The lowest BCUT2D eigenvalue weighted by atomic mass is 10.0. The number of nitrogens with one attached hydrogen (secondary N) is 1. The van der Waals surface area contributed by atoms with Crippen LogP contribution in [0.3, 0.4) is 0 Å². The molecule has 29 heavy (non-hydrogen) atoms. The molecule has 0 atom stereocenters. The zero-order chi connectivity index (χ0) is 20.4. The summed E-state index contributed by atoms with van der Waals surface area (Å²) in [7, 11) is 0. The Bertz CT molecular complexity index is 1250. The van der Waals surface area contributed by atoms with E-state index in [4.69, 9.17) is 9.72 Å². The van der Waals surface area contributed by atoms with Crippen molar-refractivity contribution in [2.75, 3.05) is 5.32 Å². The van der Waals surface area contributed by atoms with Gasteiger partial charge in [-0.25, -0.2) is 9.78 Å². The summed E-state index contributed by atoms with van der Waals surface area (Å²) < 4.78 is 5.60. The van der Waals surface area contributed by atoms with Crippen molar-refractivity contribution in [1.29, 1.82) is 0 Å². The van der Waals surface area contributed by atoms with Crippen molar-refractivity contribution in [3.05, 3.63) is 83.6 Å². The maximum Gasteiger partial charge on any atom is 0.340 e. The zero-order valence-corrected chi connectivity index (χ0v) is 16.2. The van der Waals surface area contributed by atoms with Crippen molar-refractivity contribution in [1.82, 2.24) is 4.98 Å². The number of anilines is 1. The number of nitrogens with zero attached hydrogens (tertiary/aromatic N) is 1. The smallest absolute Gasteiger partial charge is 0.340 e. The van der Waals surface area contributed by atoms with Gasteiger partial charge in [-0.3, -0.25) is 4.79 Å². The van der Waals surface area contributed by atoms with E-state index in [2.05, 4.69) is 5.32 Å². The minimum absolute atomic E-state index is 0.0393. The number of ether oxygens (including phenoxy) is 1. The van der Waals surface area contributed by atoms with E-state index in [1.165, 1.54) is 6.92 Å². The van der Waals surface area contributed by atoms with E-state index >= 15 is 0 Å². The molecule has 0 aliphatic carbocycles. The summed E-state index contributed by atoms with van der Waals surface area (Å²) in [5, 5.41) is 5.80. The molecular weight excluding hydrogens is 364 g/mol. The Labute approximate surface area is 168 Å². The van der Waals surface area contributed by atoms with Crippen LogP contribution < -0.4 is 5.32 Å². The second-order valence-electron chi connectivity index (χ2n) is 6.88. The predicted molar refractivity (Wildman–Crippen MR) is 114 cm³/mol. The van der Waals surface area contributed by atoms with Crippen molar-refractivity contribution >= 4 is 39.2 Å². The van der Waals surface area contributed by atoms with Crippen molar-refractivity contribution < 1.29 is 14.3 Å². The highest BCUT2D eigenvalue weighted by Crippen LogP contribution is 2.27. The summed E-state index contributed by atoms with van der Waals surface area (Å²) in [5.41, 5.74) is 3.14. The summed E-state index contributed by atoms with van der Waals surface area (Å²) >= 11 is 0. The normalized spacial score (nSPS) is 10.8. The molecule has 0 saturated heterocycles. The third-order valence-corrected chi connectivity index (χ3v) is 4.82. The van der Waals surface area contributed by atoms with E-state index in [0.29, 0.717) is 16.9 Å². The first-order valence-corrected chi connectivity index (χ1v) is 9.35. The third-order valence-electron chi connectivity index (χ3n) is 4.82. The second kappa shape index (κ2) is 7.72. The number of amides is 1. The summed E-state index contributed by atoms with van der Waals surface area (Å²) in [4.78, 5) is 29.0. The molecule has 4 aromatic rings. The number of rotatable bonds is 4. The molecule has 0 saturated carbocycles. The highest BCUT2D eigenvalue weighted by molar-refractivity contribution is 6.06. The van der Waals surface area contributed by atoms with Crippen LogP contribution >= 0.6 is 0 Å². The number of aryl methyl sites for hydroxylation is 1. The van der Waals surface area contributed by atoms with Gasteiger partial charge in [0.05, 0.1) is 22.5 Å². The van der Waals surface area contributed by atoms with Crippen LogP contribution in [0, 0.1) is 6.92 Å².